The largest absolute Gasteiger partial charge is 0.313 e. The van der Waals surface area contributed by atoms with Crippen LogP contribution in [0.25, 0.3) is 0 Å². The third-order valence-electron chi connectivity index (χ3n) is 3.98. The van der Waals surface area contributed by atoms with E-state index in [0.717, 1.165) is 26.1 Å². The Bertz CT molecular complexity index is 396. The Balaban J connectivity index is 2.42. The molecule has 0 amide bonds. The van der Waals surface area contributed by atoms with Gasteiger partial charge in [-0.2, -0.15) is 0 Å². The molecule has 0 saturated carbocycles. The van der Waals surface area contributed by atoms with E-state index in [0.29, 0.717) is 6.04 Å². The smallest absolute Gasteiger partial charge is 0.0104 e. The molecule has 0 radical (unpaired) electrons. The van der Waals surface area contributed by atoms with Crippen LogP contribution in [0.1, 0.15) is 36.1 Å². The van der Waals surface area contributed by atoms with E-state index < -0.39 is 0 Å². The monoisotopic (exact) mass is 262 g/mol. The van der Waals surface area contributed by atoms with Crippen LogP contribution in [-0.2, 0) is 6.42 Å². The van der Waals surface area contributed by atoms with Crippen molar-refractivity contribution < 1.29 is 0 Å². The van der Waals surface area contributed by atoms with Crippen molar-refractivity contribution in [1.29, 1.82) is 0 Å². The molecule has 0 atom stereocenters. The molecule has 0 saturated heterocycles. The van der Waals surface area contributed by atoms with E-state index in [1.807, 2.05) is 0 Å². The highest BCUT2D eigenvalue weighted by Gasteiger charge is 2.05. The number of nitrogens with zero attached hydrogens (tertiary/aromatic N) is 1. The summed E-state index contributed by atoms with van der Waals surface area (Å²) in [4.78, 5) is 2.41. The first-order valence-electron chi connectivity index (χ1n) is 7.39. The normalized spacial score (nSPS) is 11.6. The van der Waals surface area contributed by atoms with Gasteiger partial charge in [0.2, 0.25) is 0 Å². The van der Waals surface area contributed by atoms with Crippen LogP contribution in [0, 0.1) is 20.8 Å². The van der Waals surface area contributed by atoms with E-state index in [2.05, 4.69) is 64.0 Å². The number of aryl methyl sites for hydroxylation is 1. The minimum Gasteiger partial charge on any atom is -0.313 e. The topological polar surface area (TPSA) is 15.3 Å². The van der Waals surface area contributed by atoms with Crippen LogP contribution < -0.4 is 5.32 Å². The van der Waals surface area contributed by atoms with Gasteiger partial charge in [-0.25, -0.2) is 0 Å². The summed E-state index contributed by atoms with van der Waals surface area (Å²) in [5, 5.41) is 3.46. The SMILES string of the molecule is Cc1ccc(CCN(C)CCNC(C)C)c(C)c1C. The molecule has 19 heavy (non-hydrogen) atoms. The molecule has 2 nitrogen and oxygen atoms in total. The molecule has 0 aliphatic heterocycles. The van der Waals surface area contributed by atoms with Crippen LogP contribution in [0.2, 0.25) is 0 Å². The Morgan fingerprint density at radius 1 is 1.05 bits per heavy atom. The van der Waals surface area contributed by atoms with Crippen LogP contribution in [0.3, 0.4) is 0 Å². The predicted octanol–water partition coefficient (Wildman–Crippen LogP) is 3.08. The van der Waals surface area contributed by atoms with Crippen molar-refractivity contribution in [1.82, 2.24) is 10.2 Å². The second-order valence-corrected chi connectivity index (χ2v) is 5.95. The number of hydrogen-bond acceptors (Lipinski definition) is 2. The maximum absolute atomic E-state index is 3.46. The lowest BCUT2D eigenvalue weighted by molar-refractivity contribution is 0.330. The second-order valence-electron chi connectivity index (χ2n) is 5.95. The van der Waals surface area contributed by atoms with Gasteiger partial charge in [-0.3, -0.25) is 0 Å². The minimum absolute atomic E-state index is 0.579. The summed E-state index contributed by atoms with van der Waals surface area (Å²) in [6.07, 6.45) is 1.14. The van der Waals surface area contributed by atoms with Crippen LogP contribution >= 0.6 is 0 Å². The fraction of sp³-hybridized carbons (Fsp3) is 0.647. The molecule has 1 rings (SSSR count). The maximum atomic E-state index is 3.46. The van der Waals surface area contributed by atoms with E-state index in [1.165, 1.54) is 22.3 Å². The average molecular weight is 262 g/mol. The van der Waals surface area contributed by atoms with Crippen LogP contribution in [0.15, 0.2) is 12.1 Å². The van der Waals surface area contributed by atoms with Crippen molar-refractivity contribution in [2.24, 2.45) is 0 Å². The Morgan fingerprint density at radius 2 is 1.74 bits per heavy atom. The summed E-state index contributed by atoms with van der Waals surface area (Å²) in [5.74, 6) is 0. The fourth-order valence-corrected chi connectivity index (χ4v) is 2.25. The highest BCUT2D eigenvalue weighted by atomic mass is 15.1. The van der Waals surface area contributed by atoms with Gasteiger partial charge in [0.05, 0.1) is 0 Å². The highest BCUT2D eigenvalue weighted by molar-refractivity contribution is 5.38. The first-order chi connectivity index (χ1) is 8.91. The third kappa shape index (κ3) is 5.33. The van der Waals surface area contributed by atoms with Gasteiger partial charge in [0.25, 0.3) is 0 Å². The Kier molecular flexibility index (Phi) is 6.53. The lowest BCUT2D eigenvalue weighted by Gasteiger charge is -2.19. The molecule has 0 fully saturated rings. The van der Waals surface area contributed by atoms with Gasteiger partial charge in [-0.1, -0.05) is 26.0 Å². The molecule has 1 aromatic rings. The predicted molar refractivity (Wildman–Crippen MR) is 85.0 cm³/mol. The summed E-state index contributed by atoms with van der Waals surface area (Å²) in [7, 11) is 2.21. The van der Waals surface area contributed by atoms with Gasteiger partial charge in [-0.05, 0) is 56.5 Å². The van der Waals surface area contributed by atoms with E-state index in [9.17, 15) is 0 Å². The van der Waals surface area contributed by atoms with Gasteiger partial charge < -0.3 is 10.2 Å². The molecule has 0 aliphatic carbocycles. The first-order valence-corrected chi connectivity index (χ1v) is 7.39. The quantitative estimate of drug-likeness (QED) is 0.812. The first kappa shape index (κ1) is 16.2. The van der Waals surface area contributed by atoms with Gasteiger partial charge >= 0.3 is 0 Å². The number of nitrogens with one attached hydrogen (secondary N) is 1. The Morgan fingerprint density at radius 3 is 2.37 bits per heavy atom. The average Bonchev–Trinajstić information content (AvgIpc) is 2.35. The highest BCUT2D eigenvalue weighted by Crippen LogP contribution is 2.17. The van der Waals surface area contributed by atoms with Gasteiger partial charge in [-0.15, -0.1) is 0 Å². The van der Waals surface area contributed by atoms with Crippen molar-refractivity contribution in [3.8, 4) is 0 Å². The van der Waals surface area contributed by atoms with Crippen molar-refractivity contribution >= 4 is 0 Å². The van der Waals surface area contributed by atoms with Crippen LogP contribution in [-0.4, -0.2) is 37.6 Å². The molecule has 1 N–H and O–H groups in total. The second kappa shape index (κ2) is 7.66. The molecule has 0 aliphatic rings. The van der Waals surface area contributed by atoms with Gasteiger partial charge in [0.15, 0.2) is 0 Å². The molecular formula is C17H30N2. The molecule has 0 unspecified atom stereocenters. The third-order valence-corrected chi connectivity index (χ3v) is 3.98. The molecule has 108 valence electrons. The number of likely N-dealkylation sites (N-methyl/N-ethyl adjacent to an activating group) is 1. The summed E-state index contributed by atoms with van der Waals surface area (Å²) >= 11 is 0. The van der Waals surface area contributed by atoms with Crippen molar-refractivity contribution in [3.05, 3.63) is 34.4 Å². The standard InChI is InChI=1S/C17H30N2/c1-13(2)18-10-12-19(6)11-9-17-8-7-14(3)15(4)16(17)5/h7-8,13,18H,9-12H2,1-6H3. The number of benzene rings is 1. The number of rotatable bonds is 7. The summed E-state index contributed by atoms with van der Waals surface area (Å²) in [6.45, 7) is 14.4. The zero-order valence-electron chi connectivity index (χ0n) is 13.5. The van der Waals surface area contributed by atoms with Crippen molar-refractivity contribution in [2.75, 3.05) is 26.7 Å². The molecule has 0 heterocycles. The Labute approximate surface area is 119 Å². The molecule has 0 bridgehead atoms. The molecule has 0 spiro atoms. The van der Waals surface area contributed by atoms with Crippen LogP contribution in [0.4, 0.5) is 0 Å². The summed E-state index contributed by atoms with van der Waals surface area (Å²) < 4.78 is 0. The number of hydrogen-bond donors (Lipinski definition) is 1. The minimum atomic E-state index is 0.579. The zero-order valence-corrected chi connectivity index (χ0v) is 13.5. The summed E-state index contributed by atoms with van der Waals surface area (Å²) in [6, 6.07) is 5.12. The van der Waals surface area contributed by atoms with Crippen LogP contribution in [0.5, 0.6) is 0 Å². The molecule has 2 heteroatoms. The van der Waals surface area contributed by atoms with E-state index in [1.54, 1.807) is 0 Å². The van der Waals surface area contributed by atoms with Crippen molar-refractivity contribution in [3.63, 3.8) is 0 Å². The van der Waals surface area contributed by atoms with Gasteiger partial charge in [0, 0.05) is 25.7 Å². The Hall–Kier alpha value is -0.860. The molecule has 0 aromatic heterocycles. The zero-order chi connectivity index (χ0) is 14.4. The van der Waals surface area contributed by atoms with Crippen molar-refractivity contribution in [2.45, 2.75) is 47.1 Å². The lowest BCUT2D eigenvalue weighted by atomic mass is 9.97. The summed E-state index contributed by atoms with van der Waals surface area (Å²) in [5.41, 5.74) is 5.80. The lowest BCUT2D eigenvalue weighted by Crippen LogP contribution is -2.33. The maximum Gasteiger partial charge on any atom is 0.0104 e. The molecular weight excluding hydrogens is 232 g/mol. The van der Waals surface area contributed by atoms with E-state index >= 15 is 0 Å². The van der Waals surface area contributed by atoms with E-state index in [-0.39, 0.29) is 0 Å². The molecule has 1 aromatic carbocycles. The fourth-order valence-electron chi connectivity index (χ4n) is 2.25. The van der Waals surface area contributed by atoms with Gasteiger partial charge in [0.1, 0.15) is 0 Å². The van der Waals surface area contributed by atoms with E-state index in [4.69, 9.17) is 0 Å².